The molecule has 1 aromatic carbocycles. The predicted molar refractivity (Wildman–Crippen MR) is 79.5 cm³/mol. The topological polar surface area (TPSA) is 25.2 Å². The van der Waals surface area contributed by atoms with Crippen molar-refractivity contribution < 1.29 is 4.42 Å². The fraction of sp³-hybridized carbons (Fsp3) is 0.412. The molecule has 1 unspecified atom stereocenters. The van der Waals surface area contributed by atoms with E-state index < -0.39 is 0 Å². The number of benzene rings is 1. The highest BCUT2D eigenvalue weighted by Gasteiger charge is 2.19. The maximum atomic E-state index is 5.70. The van der Waals surface area contributed by atoms with Crippen LogP contribution in [0.3, 0.4) is 0 Å². The van der Waals surface area contributed by atoms with Gasteiger partial charge in [-0.3, -0.25) is 0 Å². The van der Waals surface area contributed by atoms with Crippen LogP contribution in [0.1, 0.15) is 47.6 Å². The molecule has 0 radical (unpaired) electrons. The lowest BCUT2D eigenvalue weighted by Crippen LogP contribution is -2.24. The minimum atomic E-state index is 0.221. The van der Waals surface area contributed by atoms with Gasteiger partial charge in [0.2, 0.25) is 0 Å². The molecular weight excluding hydrogens is 234 g/mol. The van der Waals surface area contributed by atoms with E-state index in [1.165, 1.54) is 16.7 Å². The average molecular weight is 257 g/mol. The van der Waals surface area contributed by atoms with Crippen LogP contribution >= 0.6 is 0 Å². The highest BCUT2D eigenvalue weighted by molar-refractivity contribution is 5.38. The van der Waals surface area contributed by atoms with Gasteiger partial charge in [0, 0.05) is 5.56 Å². The van der Waals surface area contributed by atoms with Crippen molar-refractivity contribution in [3.63, 3.8) is 0 Å². The third-order valence-corrected chi connectivity index (χ3v) is 3.49. The van der Waals surface area contributed by atoms with Crippen LogP contribution in [0.2, 0.25) is 0 Å². The van der Waals surface area contributed by atoms with Gasteiger partial charge in [-0.15, -0.1) is 0 Å². The lowest BCUT2D eigenvalue weighted by Gasteiger charge is -2.20. The molecule has 1 aromatic heterocycles. The Morgan fingerprint density at radius 1 is 1.11 bits per heavy atom. The minimum absolute atomic E-state index is 0.221. The van der Waals surface area contributed by atoms with Crippen molar-refractivity contribution >= 4 is 0 Å². The van der Waals surface area contributed by atoms with Gasteiger partial charge in [-0.2, -0.15) is 0 Å². The first kappa shape index (κ1) is 13.9. The predicted octanol–water partition coefficient (Wildman–Crippen LogP) is 4.29. The molecule has 2 nitrogen and oxygen atoms in total. The molecule has 0 fully saturated rings. The van der Waals surface area contributed by atoms with Gasteiger partial charge in [0.1, 0.15) is 11.5 Å². The van der Waals surface area contributed by atoms with E-state index in [-0.39, 0.29) is 6.04 Å². The molecule has 0 aliphatic heterocycles. The van der Waals surface area contributed by atoms with Crippen molar-refractivity contribution in [2.75, 3.05) is 6.54 Å². The summed E-state index contributed by atoms with van der Waals surface area (Å²) in [4.78, 5) is 0. The lowest BCUT2D eigenvalue weighted by atomic mass is 9.95. The van der Waals surface area contributed by atoms with E-state index in [1.807, 2.05) is 13.8 Å². The van der Waals surface area contributed by atoms with Crippen LogP contribution < -0.4 is 5.32 Å². The number of hydrogen-bond donors (Lipinski definition) is 1. The molecule has 0 amide bonds. The molecule has 1 N–H and O–H groups in total. The van der Waals surface area contributed by atoms with Gasteiger partial charge in [0.15, 0.2) is 0 Å². The van der Waals surface area contributed by atoms with E-state index in [4.69, 9.17) is 4.42 Å². The number of rotatable bonds is 5. The molecule has 0 spiro atoms. The van der Waals surface area contributed by atoms with Crippen molar-refractivity contribution in [1.82, 2.24) is 5.32 Å². The van der Waals surface area contributed by atoms with E-state index in [1.54, 1.807) is 0 Å². The summed E-state index contributed by atoms with van der Waals surface area (Å²) in [5.41, 5.74) is 3.90. The molecule has 0 aliphatic carbocycles. The lowest BCUT2D eigenvalue weighted by molar-refractivity contribution is 0.493. The minimum Gasteiger partial charge on any atom is -0.466 e. The van der Waals surface area contributed by atoms with Crippen LogP contribution in [-0.4, -0.2) is 6.54 Å². The Kier molecular flexibility index (Phi) is 4.43. The van der Waals surface area contributed by atoms with Gasteiger partial charge in [-0.1, -0.05) is 31.2 Å². The van der Waals surface area contributed by atoms with E-state index in [2.05, 4.69) is 49.5 Å². The standard InChI is InChI=1S/C17H23NO/c1-5-10-18-17(15-9-7-6-8-12(15)2)16-11-13(3)19-14(16)4/h6-9,11,17-18H,5,10H2,1-4H3. The van der Waals surface area contributed by atoms with Crippen LogP contribution in [0.4, 0.5) is 0 Å². The van der Waals surface area contributed by atoms with E-state index in [0.717, 1.165) is 24.5 Å². The second-order valence-electron chi connectivity index (χ2n) is 5.11. The fourth-order valence-corrected chi connectivity index (χ4v) is 2.52. The summed E-state index contributed by atoms with van der Waals surface area (Å²) in [5, 5.41) is 3.64. The van der Waals surface area contributed by atoms with E-state index in [9.17, 15) is 0 Å². The third-order valence-electron chi connectivity index (χ3n) is 3.49. The second kappa shape index (κ2) is 6.07. The molecule has 0 saturated carbocycles. The Balaban J connectivity index is 2.41. The number of furan rings is 1. The molecule has 102 valence electrons. The maximum Gasteiger partial charge on any atom is 0.106 e. The summed E-state index contributed by atoms with van der Waals surface area (Å²) in [6.45, 7) is 9.41. The van der Waals surface area contributed by atoms with Crippen LogP contribution in [0, 0.1) is 20.8 Å². The molecule has 2 rings (SSSR count). The van der Waals surface area contributed by atoms with Crippen molar-refractivity contribution in [2.45, 2.75) is 40.2 Å². The smallest absolute Gasteiger partial charge is 0.106 e. The van der Waals surface area contributed by atoms with Gasteiger partial charge in [-0.05, 0) is 50.9 Å². The molecule has 2 aromatic rings. The summed E-state index contributed by atoms with van der Waals surface area (Å²) in [6.07, 6.45) is 1.12. The third kappa shape index (κ3) is 3.07. The second-order valence-corrected chi connectivity index (χ2v) is 5.11. The SMILES string of the molecule is CCCNC(c1ccccc1C)c1cc(C)oc1C. The Morgan fingerprint density at radius 3 is 2.42 bits per heavy atom. The Hall–Kier alpha value is -1.54. The first-order valence-electron chi connectivity index (χ1n) is 6.99. The van der Waals surface area contributed by atoms with E-state index in [0.29, 0.717) is 0 Å². The van der Waals surface area contributed by atoms with Gasteiger partial charge in [0.25, 0.3) is 0 Å². The fourth-order valence-electron chi connectivity index (χ4n) is 2.52. The summed E-state index contributed by atoms with van der Waals surface area (Å²) in [7, 11) is 0. The molecule has 0 saturated heterocycles. The molecule has 1 heterocycles. The molecule has 1 atom stereocenters. The molecule has 19 heavy (non-hydrogen) atoms. The maximum absolute atomic E-state index is 5.70. The van der Waals surface area contributed by atoms with Crippen LogP contribution in [0.5, 0.6) is 0 Å². The Morgan fingerprint density at radius 2 is 1.84 bits per heavy atom. The highest BCUT2D eigenvalue weighted by Crippen LogP contribution is 2.29. The van der Waals surface area contributed by atoms with E-state index >= 15 is 0 Å². The summed E-state index contributed by atoms with van der Waals surface area (Å²) in [5.74, 6) is 1.98. The van der Waals surface area contributed by atoms with Gasteiger partial charge >= 0.3 is 0 Å². The Labute approximate surface area is 115 Å². The first-order valence-corrected chi connectivity index (χ1v) is 6.99. The molecule has 0 aliphatic rings. The van der Waals surface area contributed by atoms with Gasteiger partial charge < -0.3 is 9.73 Å². The summed E-state index contributed by atoms with van der Waals surface area (Å²) < 4.78 is 5.70. The zero-order valence-electron chi connectivity index (χ0n) is 12.3. The average Bonchev–Trinajstić information content (AvgIpc) is 2.71. The van der Waals surface area contributed by atoms with Crippen LogP contribution in [-0.2, 0) is 0 Å². The Bertz CT molecular complexity index is 542. The van der Waals surface area contributed by atoms with Crippen molar-refractivity contribution in [1.29, 1.82) is 0 Å². The highest BCUT2D eigenvalue weighted by atomic mass is 16.3. The zero-order chi connectivity index (χ0) is 13.8. The van der Waals surface area contributed by atoms with Crippen LogP contribution in [0.25, 0.3) is 0 Å². The number of nitrogens with one attached hydrogen (secondary N) is 1. The summed E-state index contributed by atoms with van der Waals surface area (Å²) >= 11 is 0. The number of aryl methyl sites for hydroxylation is 3. The quantitative estimate of drug-likeness (QED) is 0.864. The van der Waals surface area contributed by atoms with Crippen molar-refractivity contribution in [2.24, 2.45) is 0 Å². The normalized spacial score (nSPS) is 12.6. The van der Waals surface area contributed by atoms with Gasteiger partial charge in [-0.25, -0.2) is 0 Å². The van der Waals surface area contributed by atoms with Crippen LogP contribution in [0.15, 0.2) is 34.7 Å². The number of hydrogen-bond acceptors (Lipinski definition) is 2. The largest absolute Gasteiger partial charge is 0.466 e. The summed E-state index contributed by atoms with van der Waals surface area (Å²) in [6, 6.07) is 10.9. The first-order chi connectivity index (χ1) is 9.13. The van der Waals surface area contributed by atoms with Gasteiger partial charge in [0.05, 0.1) is 6.04 Å². The monoisotopic (exact) mass is 257 g/mol. The zero-order valence-corrected chi connectivity index (χ0v) is 12.3. The molecular formula is C17H23NO. The molecule has 0 bridgehead atoms. The van der Waals surface area contributed by atoms with Crippen molar-refractivity contribution in [3.8, 4) is 0 Å². The molecule has 2 heteroatoms. The van der Waals surface area contributed by atoms with Crippen molar-refractivity contribution in [3.05, 3.63) is 58.5 Å².